The molecule has 2 aliphatic rings. The van der Waals surface area contributed by atoms with Gasteiger partial charge in [-0.15, -0.1) is 24.0 Å². The Morgan fingerprint density at radius 2 is 2.00 bits per heavy atom. The van der Waals surface area contributed by atoms with Crippen LogP contribution < -0.4 is 10.6 Å². The van der Waals surface area contributed by atoms with E-state index in [-0.39, 0.29) is 42.1 Å². The van der Waals surface area contributed by atoms with Crippen molar-refractivity contribution in [3.05, 3.63) is 35.6 Å². The monoisotopic (exact) mass is 490 g/mol. The lowest BCUT2D eigenvalue weighted by atomic mass is 9.87. The highest BCUT2D eigenvalue weighted by molar-refractivity contribution is 14.0. The number of carbonyl (C=O) groups excluding carboxylic acids is 1. The Balaban J connectivity index is 0.00000261. The molecule has 1 atom stereocenters. The first kappa shape index (κ1) is 21.9. The minimum atomic E-state index is -0.294. The molecule has 2 heterocycles. The zero-order chi connectivity index (χ0) is 18.4. The topological polar surface area (TPSA) is 66.0 Å². The second-order valence-electron chi connectivity index (χ2n) is 7.10. The Morgan fingerprint density at radius 3 is 2.67 bits per heavy atom. The van der Waals surface area contributed by atoms with Crippen LogP contribution in [-0.4, -0.2) is 63.2 Å². The van der Waals surface area contributed by atoms with Gasteiger partial charge in [0.05, 0.1) is 13.0 Å². The van der Waals surface area contributed by atoms with Crippen LogP contribution in [0.4, 0.5) is 4.39 Å². The van der Waals surface area contributed by atoms with Crippen LogP contribution in [-0.2, 0) is 16.0 Å². The van der Waals surface area contributed by atoms with E-state index in [9.17, 15) is 9.18 Å². The highest BCUT2D eigenvalue weighted by Crippen LogP contribution is 2.38. The maximum atomic E-state index is 12.9. The van der Waals surface area contributed by atoms with Crippen molar-refractivity contribution >= 4 is 35.8 Å². The molecule has 0 saturated carbocycles. The van der Waals surface area contributed by atoms with Gasteiger partial charge in [-0.25, -0.2) is 4.39 Å². The third-order valence-corrected chi connectivity index (χ3v) is 5.14. The molecule has 0 aliphatic carbocycles. The van der Waals surface area contributed by atoms with Gasteiger partial charge in [0.1, 0.15) is 5.82 Å². The summed E-state index contributed by atoms with van der Waals surface area (Å²) < 4.78 is 18.4. The summed E-state index contributed by atoms with van der Waals surface area (Å²) >= 11 is 0. The minimum Gasteiger partial charge on any atom is -0.381 e. The van der Waals surface area contributed by atoms with Crippen molar-refractivity contribution in [3.8, 4) is 0 Å². The van der Waals surface area contributed by atoms with Crippen molar-refractivity contribution in [1.29, 1.82) is 0 Å². The van der Waals surface area contributed by atoms with Crippen LogP contribution in [0.3, 0.4) is 0 Å². The number of carbonyl (C=O) groups is 1. The number of amides is 1. The van der Waals surface area contributed by atoms with Crippen LogP contribution in [0, 0.1) is 11.2 Å². The third-order valence-electron chi connectivity index (χ3n) is 5.14. The maximum absolute atomic E-state index is 12.9. The average molecular weight is 490 g/mol. The molecule has 0 radical (unpaired) electrons. The Hall–Kier alpha value is -1.42. The van der Waals surface area contributed by atoms with Crippen molar-refractivity contribution in [3.63, 3.8) is 0 Å². The quantitative estimate of drug-likeness (QED) is 0.286. The SMILES string of the molecule is CN=C(NCCNC(=O)Cc1ccc(F)cc1)N1CCC2(CCOC2)C1.I. The fourth-order valence-electron chi connectivity index (χ4n) is 3.65. The van der Waals surface area contributed by atoms with Crippen molar-refractivity contribution in [2.75, 3.05) is 46.4 Å². The molecule has 1 aromatic carbocycles. The Morgan fingerprint density at radius 1 is 1.26 bits per heavy atom. The van der Waals surface area contributed by atoms with Crippen molar-refractivity contribution in [2.24, 2.45) is 10.4 Å². The van der Waals surface area contributed by atoms with E-state index in [2.05, 4.69) is 20.5 Å². The predicted molar refractivity (Wildman–Crippen MR) is 114 cm³/mol. The summed E-state index contributed by atoms with van der Waals surface area (Å²) in [5, 5.41) is 6.19. The van der Waals surface area contributed by atoms with E-state index >= 15 is 0 Å². The van der Waals surface area contributed by atoms with E-state index in [0.29, 0.717) is 18.5 Å². The number of guanidine groups is 1. The largest absolute Gasteiger partial charge is 0.381 e. The smallest absolute Gasteiger partial charge is 0.224 e. The molecule has 1 aromatic rings. The fourth-order valence-corrected chi connectivity index (χ4v) is 3.65. The minimum absolute atomic E-state index is 0. The van der Waals surface area contributed by atoms with Crippen molar-refractivity contribution < 1.29 is 13.9 Å². The zero-order valence-corrected chi connectivity index (χ0v) is 18.0. The molecule has 0 aromatic heterocycles. The highest BCUT2D eigenvalue weighted by Gasteiger charge is 2.42. The Labute approximate surface area is 177 Å². The van der Waals surface area contributed by atoms with Crippen LogP contribution >= 0.6 is 24.0 Å². The number of benzene rings is 1. The van der Waals surface area contributed by atoms with E-state index in [1.54, 1.807) is 19.2 Å². The summed E-state index contributed by atoms with van der Waals surface area (Å²) in [4.78, 5) is 18.6. The first-order valence-corrected chi connectivity index (χ1v) is 9.15. The summed E-state index contributed by atoms with van der Waals surface area (Å²) in [6.07, 6.45) is 2.52. The first-order valence-electron chi connectivity index (χ1n) is 9.15. The van der Waals surface area contributed by atoms with Gasteiger partial charge in [0.2, 0.25) is 5.91 Å². The predicted octanol–water partition coefficient (Wildman–Crippen LogP) is 1.79. The maximum Gasteiger partial charge on any atom is 0.224 e. The van der Waals surface area contributed by atoms with Crippen LogP contribution in [0.25, 0.3) is 0 Å². The van der Waals surface area contributed by atoms with Gasteiger partial charge in [-0.05, 0) is 30.5 Å². The molecule has 0 bridgehead atoms. The Kier molecular flexibility index (Phi) is 8.28. The van der Waals surface area contributed by atoms with E-state index in [1.165, 1.54) is 12.1 Å². The summed E-state index contributed by atoms with van der Waals surface area (Å²) in [6.45, 7) is 4.80. The van der Waals surface area contributed by atoms with Gasteiger partial charge in [0, 0.05) is 45.2 Å². The molecule has 2 aliphatic heterocycles. The average Bonchev–Trinajstić information content (AvgIpc) is 3.27. The van der Waals surface area contributed by atoms with E-state index < -0.39 is 0 Å². The zero-order valence-electron chi connectivity index (χ0n) is 15.7. The van der Waals surface area contributed by atoms with Crippen molar-refractivity contribution in [1.82, 2.24) is 15.5 Å². The lowest BCUT2D eigenvalue weighted by Gasteiger charge is -2.25. The lowest BCUT2D eigenvalue weighted by Crippen LogP contribution is -2.44. The second-order valence-corrected chi connectivity index (χ2v) is 7.10. The molecule has 150 valence electrons. The number of nitrogens with one attached hydrogen (secondary N) is 2. The number of hydrogen-bond donors (Lipinski definition) is 2. The molecule has 2 fully saturated rings. The summed E-state index contributed by atoms with van der Waals surface area (Å²) in [6, 6.07) is 5.99. The van der Waals surface area contributed by atoms with Crippen LogP contribution in [0.5, 0.6) is 0 Å². The van der Waals surface area contributed by atoms with E-state index in [4.69, 9.17) is 4.74 Å². The second kappa shape index (κ2) is 10.2. The van der Waals surface area contributed by atoms with Gasteiger partial charge in [-0.1, -0.05) is 12.1 Å². The molecule has 1 amide bonds. The van der Waals surface area contributed by atoms with Crippen LogP contribution in [0.1, 0.15) is 18.4 Å². The van der Waals surface area contributed by atoms with Gasteiger partial charge in [0.25, 0.3) is 0 Å². The summed E-state index contributed by atoms with van der Waals surface area (Å²) in [5.41, 5.74) is 1.09. The van der Waals surface area contributed by atoms with Gasteiger partial charge in [-0.2, -0.15) is 0 Å². The summed E-state index contributed by atoms with van der Waals surface area (Å²) in [7, 11) is 1.78. The van der Waals surface area contributed by atoms with Crippen LogP contribution in [0.15, 0.2) is 29.3 Å². The van der Waals surface area contributed by atoms with E-state index in [1.807, 2.05) is 0 Å². The molecule has 6 nitrogen and oxygen atoms in total. The molecule has 2 saturated heterocycles. The normalized spacial score (nSPS) is 22.0. The molecule has 1 unspecified atom stereocenters. The van der Waals surface area contributed by atoms with Crippen LogP contribution in [0.2, 0.25) is 0 Å². The third kappa shape index (κ3) is 6.03. The number of ether oxygens (including phenoxy) is 1. The number of nitrogens with zero attached hydrogens (tertiary/aromatic N) is 2. The van der Waals surface area contributed by atoms with Gasteiger partial charge >= 0.3 is 0 Å². The number of rotatable bonds is 5. The molecular weight excluding hydrogens is 462 g/mol. The Bertz CT molecular complexity index is 648. The first-order chi connectivity index (χ1) is 12.6. The van der Waals surface area contributed by atoms with Gasteiger partial charge in [0.15, 0.2) is 5.96 Å². The molecular formula is C19H28FIN4O2. The fraction of sp³-hybridized carbons (Fsp3) is 0.579. The highest BCUT2D eigenvalue weighted by atomic mass is 127. The molecule has 8 heteroatoms. The number of halogens is 2. The molecule has 2 N–H and O–H groups in total. The number of likely N-dealkylation sites (tertiary alicyclic amines) is 1. The lowest BCUT2D eigenvalue weighted by molar-refractivity contribution is -0.120. The van der Waals surface area contributed by atoms with E-state index in [0.717, 1.165) is 50.7 Å². The number of aliphatic imine (C=N–C) groups is 1. The molecule has 3 rings (SSSR count). The molecule has 1 spiro atoms. The van der Waals surface area contributed by atoms with Gasteiger partial charge in [-0.3, -0.25) is 9.79 Å². The van der Waals surface area contributed by atoms with Gasteiger partial charge < -0.3 is 20.3 Å². The van der Waals surface area contributed by atoms with Crippen molar-refractivity contribution in [2.45, 2.75) is 19.3 Å². The standard InChI is InChI=1S/C19H27FN4O2.HI/c1-21-18(24-10-6-19(13-24)7-11-26-14-19)23-9-8-22-17(25)12-15-2-4-16(20)5-3-15;/h2-5H,6-14H2,1H3,(H,21,23)(H,22,25);1H. The number of hydrogen-bond acceptors (Lipinski definition) is 3. The summed E-state index contributed by atoms with van der Waals surface area (Å²) in [5.74, 6) is 0.510. The molecule has 27 heavy (non-hydrogen) atoms.